The fourth-order valence-electron chi connectivity index (χ4n) is 3.30. The summed E-state index contributed by atoms with van der Waals surface area (Å²) in [7, 11) is 0. The summed E-state index contributed by atoms with van der Waals surface area (Å²) >= 11 is 0. The lowest BCUT2D eigenvalue weighted by atomic mass is 9.85. The van der Waals surface area contributed by atoms with Crippen LogP contribution in [0.25, 0.3) is 0 Å². The minimum Gasteiger partial charge on any atom is -0.393 e. The molecule has 0 bridgehead atoms. The molecule has 0 spiro atoms. The molecule has 3 N–H and O–H groups in total. The van der Waals surface area contributed by atoms with E-state index in [9.17, 15) is 23.5 Å². The van der Waals surface area contributed by atoms with Crippen LogP contribution in [0.4, 0.5) is 24.9 Å². The van der Waals surface area contributed by atoms with Gasteiger partial charge in [-0.25, -0.2) is 4.98 Å². The molecule has 0 unspecified atom stereocenters. The minimum atomic E-state index is -4.49. The molecule has 154 valence electrons. The van der Waals surface area contributed by atoms with Crippen LogP contribution in [0.1, 0.15) is 42.9 Å². The summed E-state index contributed by atoms with van der Waals surface area (Å²) in [6, 6.07) is 2.86. The van der Waals surface area contributed by atoms with E-state index < -0.39 is 17.8 Å². The molecular weight excluding hydrogens is 385 g/mol. The second kappa shape index (κ2) is 8.61. The number of hydrogen-bond donors (Lipinski definition) is 3. The standard InChI is InChI=1S/C19H21F3N6O/c1-11-2-3-14(6-16(11)29)27-17-12(7-23)9-25-18(28-17)26-10-13-8-24-5-4-15(13)19(20,21)22/h4-5,8-9,11,14,16,29H,2-3,6,10H2,1H3,(H2,25,26,27,28)/t11-,14+,16-/m1/s1. The Morgan fingerprint density at radius 2 is 2.10 bits per heavy atom. The number of alkyl halides is 3. The van der Waals surface area contributed by atoms with Crippen LogP contribution in [0.2, 0.25) is 0 Å². The Bertz CT molecular complexity index is 898. The normalized spacial score (nSPS) is 22.0. The minimum absolute atomic E-state index is 0.0353. The van der Waals surface area contributed by atoms with Crippen molar-refractivity contribution in [3.63, 3.8) is 0 Å². The highest BCUT2D eigenvalue weighted by Crippen LogP contribution is 2.32. The Morgan fingerprint density at radius 1 is 1.31 bits per heavy atom. The molecule has 7 nitrogen and oxygen atoms in total. The molecule has 1 aliphatic carbocycles. The van der Waals surface area contributed by atoms with E-state index >= 15 is 0 Å². The Labute approximate surface area is 166 Å². The number of hydrogen-bond acceptors (Lipinski definition) is 7. The molecule has 0 aliphatic heterocycles. The molecule has 2 heterocycles. The van der Waals surface area contributed by atoms with Gasteiger partial charge in [0.25, 0.3) is 0 Å². The van der Waals surface area contributed by atoms with Crippen molar-refractivity contribution in [1.29, 1.82) is 5.26 Å². The molecule has 3 rings (SSSR count). The Balaban J connectivity index is 1.74. The fourth-order valence-corrected chi connectivity index (χ4v) is 3.30. The number of aliphatic hydroxyl groups excluding tert-OH is 1. The first-order valence-electron chi connectivity index (χ1n) is 9.23. The monoisotopic (exact) mass is 406 g/mol. The summed E-state index contributed by atoms with van der Waals surface area (Å²) in [5.74, 6) is 0.598. The molecule has 1 saturated carbocycles. The SMILES string of the molecule is C[C@@H]1CC[C@H](Nc2nc(NCc3cnccc3C(F)(F)F)ncc2C#N)C[C@H]1O. The van der Waals surface area contributed by atoms with Gasteiger partial charge < -0.3 is 15.7 Å². The predicted molar refractivity (Wildman–Crippen MR) is 99.7 cm³/mol. The molecule has 0 saturated heterocycles. The van der Waals surface area contributed by atoms with Crippen LogP contribution in [0.15, 0.2) is 24.7 Å². The lowest BCUT2D eigenvalue weighted by molar-refractivity contribution is -0.138. The lowest BCUT2D eigenvalue weighted by Crippen LogP contribution is -2.35. The summed E-state index contributed by atoms with van der Waals surface area (Å²) in [4.78, 5) is 12.0. The first-order valence-corrected chi connectivity index (χ1v) is 9.23. The van der Waals surface area contributed by atoms with Crippen molar-refractivity contribution in [1.82, 2.24) is 15.0 Å². The van der Waals surface area contributed by atoms with Crippen LogP contribution < -0.4 is 10.6 Å². The van der Waals surface area contributed by atoms with Gasteiger partial charge in [-0.15, -0.1) is 0 Å². The van der Waals surface area contributed by atoms with Gasteiger partial charge in [-0.3, -0.25) is 4.98 Å². The van der Waals surface area contributed by atoms with Crippen LogP contribution in [0.5, 0.6) is 0 Å². The van der Waals surface area contributed by atoms with Crippen molar-refractivity contribution in [3.8, 4) is 6.07 Å². The van der Waals surface area contributed by atoms with Crippen molar-refractivity contribution in [2.24, 2.45) is 5.92 Å². The zero-order chi connectivity index (χ0) is 21.0. The molecule has 10 heteroatoms. The van der Waals surface area contributed by atoms with Crippen molar-refractivity contribution in [2.45, 2.75) is 51.1 Å². The quantitative estimate of drug-likeness (QED) is 0.699. The zero-order valence-corrected chi connectivity index (χ0v) is 15.7. The highest BCUT2D eigenvalue weighted by Gasteiger charge is 2.33. The van der Waals surface area contributed by atoms with E-state index in [2.05, 4.69) is 25.6 Å². The van der Waals surface area contributed by atoms with Crippen LogP contribution in [-0.2, 0) is 12.7 Å². The van der Waals surface area contributed by atoms with E-state index in [1.807, 2.05) is 13.0 Å². The van der Waals surface area contributed by atoms with E-state index in [1.54, 1.807) is 0 Å². The van der Waals surface area contributed by atoms with Crippen molar-refractivity contribution >= 4 is 11.8 Å². The number of nitriles is 1. The van der Waals surface area contributed by atoms with Crippen molar-refractivity contribution < 1.29 is 18.3 Å². The van der Waals surface area contributed by atoms with Crippen LogP contribution in [-0.4, -0.2) is 32.2 Å². The first kappa shape index (κ1) is 20.8. The number of anilines is 2. The number of nitrogens with one attached hydrogen (secondary N) is 2. The van der Waals surface area contributed by atoms with Gasteiger partial charge in [0, 0.05) is 30.5 Å². The maximum atomic E-state index is 13.1. The van der Waals surface area contributed by atoms with Gasteiger partial charge in [-0.05, 0) is 31.2 Å². The molecule has 2 aromatic heterocycles. The summed E-state index contributed by atoms with van der Waals surface area (Å²) in [6.45, 7) is 1.82. The van der Waals surface area contributed by atoms with E-state index in [0.29, 0.717) is 12.2 Å². The van der Waals surface area contributed by atoms with E-state index in [-0.39, 0.29) is 35.6 Å². The van der Waals surface area contributed by atoms with Gasteiger partial charge in [0.15, 0.2) is 0 Å². The molecule has 1 fully saturated rings. The van der Waals surface area contributed by atoms with Gasteiger partial charge >= 0.3 is 6.18 Å². The second-order valence-corrected chi connectivity index (χ2v) is 7.15. The molecule has 2 aromatic rings. The van der Waals surface area contributed by atoms with Crippen molar-refractivity contribution in [2.75, 3.05) is 10.6 Å². The van der Waals surface area contributed by atoms with Crippen LogP contribution >= 0.6 is 0 Å². The predicted octanol–water partition coefficient (Wildman–Crippen LogP) is 3.34. The summed E-state index contributed by atoms with van der Waals surface area (Å²) in [5.41, 5.74) is -0.592. The smallest absolute Gasteiger partial charge is 0.393 e. The number of pyridine rings is 1. The average molecular weight is 406 g/mol. The molecule has 1 aliphatic rings. The lowest BCUT2D eigenvalue weighted by Gasteiger charge is -2.31. The van der Waals surface area contributed by atoms with Gasteiger partial charge in [-0.2, -0.15) is 23.4 Å². The van der Waals surface area contributed by atoms with E-state index in [4.69, 9.17) is 0 Å². The third-order valence-electron chi connectivity index (χ3n) is 5.05. The van der Waals surface area contributed by atoms with Gasteiger partial charge in [0.2, 0.25) is 5.95 Å². The summed E-state index contributed by atoms with van der Waals surface area (Å²) in [5, 5.41) is 25.3. The van der Waals surface area contributed by atoms with Gasteiger partial charge in [0.05, 0.1) is 17.9 Å². The molecule has 29 heavy (non-hydrogen) atoms. The number of aromatic nitrogens is 3. The molecular formula is C19H21F3N6O. The zero-order valence-electron chi connectivity index (χ0n) is 15.7. The third-order valence-corrected chi connectivity index (χ3v) is 5.05. The van der Waals surface area contributed by atoms with E-state index in [0.717, 1.165) is 31.3 Å². The first-order chi connectivity index (χ1) is 13.8. The average Bonchev–Trinajstić information content (AvgIpc) is 2.69. The largest absolute Gasteiger partial charge is 0.416 e. The Kier molecular flexibility index (Phi) is 6.17. The van der Waals surface area contributed by atoms with Gasteiger partial charge in [0.1, 0.15) is 17.5 Å². The van der Waals surface area contributed by atoms with E-state index in [1.165, 1.54) is 6.20 Å². The van der Waals surface area contributed by atoms with Gasteiger partial charge in [-0.1, -0.05) is 6.92 Å². The molecule has 0 aromatic carbocycles. The highest BCUT2D eigenvalue weighted by molar-refractivity contribution is 5.54. The maximum absolute atomic E-state index is 13.1. The number of nitrogens with zero attached hydrogens (tertiary/aromatic N) is 4. The number of aliphatic hydroxyl groups is 1. The third kappa shape index (κ3) is 5.12. The molecule has 0 amide bonds. The maximum Gasteiger partial charge on any atom is 0.416 e. The van der Waals surface area contributed by atoms with Crippen LogP contribution in [0.3, 0.4) is 0 Å². The van der Waals surface area contributed by atoms with Crippen molar-refractivity contribution in [3.05, 3.63) is 41.3 Å². The Morgan fingerprint density at radius 3 is 2.79 bits per heavy atom. The highest BCUT2D eigenvalue weighted by atomic mass is 19.4. The molecule has 3 atom stereocenters. The topological polar surface area (TPSA) is 107 Å². The fraction of sp³-hybridized carbons (Fsp3) is 0.474. The Hall–Kier alpha value is -2.93. The number of halogens is 3. The summed E-state index contributed by atoms with van der Waals surface area (Å²) < 4.78 is 39.3. The molecule has 0 radical (unpaired) electrons. The number of rotatable bonds is 5. The van der Waals surface area contributed by atoms with Crippen LogP contribution in [0, 0.1) is 17.2 Å². The summed E-state index contributed by atoms with van der Waals surface area (Å²) in [6.07, 6.45) is 0.819. The second-order valence-electron chi connectivity index (χ2n) is 7.15.